The summed E-state index contributed by atoms with van der Waals surface area (Å²) in [5, 5.41) is 9.62. The molecule has 0 amide bonds. The summed E-state index contributed by atoms with van der Waals surface area (Å²) in [6.07, 6.45) is 1.79. The first-order valence-corrected chi connectivity index (χ1v) is 6.62. The van der Waals surface area contributed by atoms with Crippen molar-refractivity contribution in [2.45, 2.75) is 5.16 Å². The highest BCUT2D eigenvalue weighted by Crippen LogP contribution is 2.22. The third kappa shape index (κ3) is 2.37. The molecule has 0 saturated heterocycles. The van der Waals surface area contributed by atoms with Gasteiger partial charge in [0.2, 0.25) is 0 Å². The molecule has 19 heavy (non-hydrogen) atoms. The fourth-order valence-corrected chi connectivity index (χ4v) is 2.22. The quantitative estimate of drug-likeness (QED) is 0.622. The molecule has 2 rings (SSSR count). The van der Waals surface area contributed by atoms with E-state index >= 15 is 0 Å². The smallest absolute Gasteiger partial charge is 0.272 e. The lowest BCUT2D eigenvalue weighted by Gasteiger charge is -2.09. The van der Waals surface area contributed by atoms with Gasteiger partial charge >= 0.3 is 0 Å². The van der Waals surface area contributed by atoms with Crippen LogP contribution in [0.15, 0.2) is 34.2 Å². The molecular weight excluding hydrogens is 265 g/mol. The highest BCUT2D eigenvalue weighted by molar-refractivity contribution is 7.98. The summed E-state index contributed by atoms with van der Waals surface area (Å²) in [4.78, 5) is 16.4. The Balaban J connectivity index is 2.76. The Morgan fingerprint density at radius 2 is 2.00 bits per heavy atom. The maximum atomic E-state index is 12.9. The van der Waals surface area contributed by atoms with Crippen molar-refractivity contribution in [2.24, 2.45) is 7.05 Å². The highest BCUT2D eigenvalue weighted by Gasteiger charge is 2.15. The van der Waals surface area contributed by atoms with E-state index in [1.165, 1.54) is 40.6 Å². The summed E-state index contributed by atoms with van der Waals surface area (Å²) in [7, 11) is 1.57. The second-order valence-electron chi connectivity index (χ2n) is 3.80. The molecule has 0 unspecified atom stereocenters. The van der Waals surface area contributed by atoms with Gasteiger partial charge in [0.1, 0.15) is 17.4 Å². The number of nitrogens with zero attached hydrogens (tertiary/aromatic N) is 3. The van der Waals surface area contributed by atoms with Crippen LogP contribution in [0, 0.1) is 17.1 Å². The number of hydrogen-bond acceptors (Lipinski definition) is 4. The Hall–Kier alpha value is -2.13. The van der Waals surface area contributed by atoms with Gasteiger partial charge in [-0.25, -0.2) is 9.37 Å². The Labute approximate surface area is 113 Å². The lowest BCUT2D eigenvalue weighted by molar-refractivity contribution is 0.628. The number of hydrogen-bond donors (Lipinski definition) is 0. The van der Waals surface area contributed by atoms with Gasteiger partial charge in [0.25, 0.3) is 5.56 Å². The van der Waals surface area contributed by atoms with Crippen LogP contribution in [-0.4, -0.2) is 15.8 Å². The fraction of sp³-hybridized carbons (Fsp3) is 0.154. The van der Waals surface area contributed by atoms with Crippen LogP contribution in [0.1, 0.15) is 5.56 Å². The predicted octanol–water partition coefficient (Wildman–Crippen LogP) is 2.18. The molecule has 0 radical (unpaired) electrons. The van der Waals surface area contributed by atoms with E-state index < -0.39 is 5.56 Å². The van der Waals surface area contributed by atoms with Gasteiger partial charge in [-0.1, -0.05) is 11.8 Å². The van der Waals surface area contributed by atoms with Gasteiger partial charge in [-0.2, -0.15) is 5.26 Å². The monoisotopic (exact) mass is 275 g/mol. The molecule has 0 aliphatic heterocycles. The van der Waals surface area contributed by atoms with Gasteiger partial charge in [-0.3, -0.25) is 9.36 Å². The van der Waals surface area contributed by atoms with Crippen LogP contribution >= 0.6 is 11.8 Å². The molecule has 0 atom stereocenters. The van der Waals surface area contributed by atoms with E-state index in [9.17, 15) is 9.18 Å². The maximum absolute atomic E-state index is 12.9. The SMILES string of the molecule is CSc1nc(-c2ccc(F)cc2)c(C#N)c(=O)n1C. The largest absolute Gasteiger partial charge is 0.290 e. The average Bonchev–Trinajstić information content (AvgIpc) is 2.42. The Kier molecular flexibility index (Phi) is 3.67. The van der Waals surface area contributed by atoms with E-state index in [4.69, 9.17) is 5.26 Å². The van der Waals surface area contributed by atoms with Crippen LogP contribution in [-0.2, 0) is 7.05 Å². The van der Waals surface area contributed by atoms with Gasteiger partial charge in [0.05, 0.1) is 5.69 Å². The minimum Gasteiger partial charge on any atom is -0.290 e. The molecule has 0 saturated carbocycles. The predicted molar refractivity (Wildman–Crippen MR) is 71.4 cm³/mol. The van der Waals surface area contributed by atoms with E-state index in [1.807, 2.05) is 6.07 Å². The summed E-state index contributed by atoms with van der Waals surface area (Å²) >= 11 is 1.31. The second-order valence-corrected chi connectivity index (χ2v) is 4.58. The van der Waals surface area contributed by atoms with Gasteiger partial charge in [0, 0.05) is 12.6 Å². The molecule has 1 aromatic heterocycles. The van der Waals surface area contributed by atoms with Crippen LogP contribution in [0.25, 0.3) is 11.3 Å². The molecule has 0 N–H and O–H groups in total. The number of nitriles is 1. The molecule has 1 heterocycles. The Morgan fingerprint density at radius 1 is 1.37 bits per heavy atom. The van der Waals surface area contributed by atoms with Crippen molar-refractivity contribution in [1.82, 2.24) is 9.55 Å². The number of aromatic nitrogens is 2. The molecule has 2 aromatic rings. The zero-order valence-electron chi connectivity index (χ0n) is 10.3. The van der Waals surface area contributed by atoms with Crippen molar-refractivity contribution in [2.75, 3.05) is 6.26 Å². The average molecular weight is 275 g/mol. The van der Waals surface area contributed by atoms with E-state index in [0.717, 1.165) is 0 Å². The number of thioether (sulfide) groups is 1. The van der Waals surface area contributed by atoms with E-state index in [1.54, 1.807) is 13.3 Å². The van der Waals surface area contributed by atoms with E-state index in [0.29, 0.717) is 10.7 Å². The van der Waals surface area contributed by atoms with Gasteiger partial charge < -0.3 is 0 Å². The van der Waals surface area contributed by atoms with Crippen LogP contribution in [0.3, 0.4) is 0 Å². The van der Waals surface area contributed by atoms with Crippen molar-refractivity contribution < 1.29 is 4.39 Å². The normalized spacial score (nSPS) is 10.2. The van der Waals surface area contributed by atoms with Crippen molar-refractivity contribution in [1.29, 1.82) is 5.26 Å². The molecule has 0 bridgehead atoms. The number of halogens is 1. The molecule has 6 heteroatoms. The molecule has 4 nitrogen and oxygen atoms in total. The summed E-state index contributed by atoms with van der Waals surface area (Å²) in [5.74, 6) is -0.379. The van der Waals surface area contributed by atoms with Crippen molar-refractivity contribution in [3.8, 4) is 17.3 Å². The van der Waals surface area contributed by atoms with Gasteiger partial charge in [0.15, 0.2) is 5.16 Å². The minimum atomic E-state index is -0.402. The molecule has 96 valence electrons. The van der Waals surface area contributed by atoms with Crippen LogP contribution in [0.2, 0.25) is 0 Å². The van der Waals surface area contributed by atoms with Crippen LogP contribution in [0.4, 0.5) is 4.39 Å². The first-order chi connectivity index (χ1) is 9.08. The molecule has 0 aliphatic carbocycles. The van der Waals surface area contributed by atoms with Gasteiger partial charge in [-0.05, 0) is 30.5 Å². The summed E-state index contributed by atoms with van der Waals surface area (Å²) in [6.45, 7) is 0. The van der Waals surface area contributed by atoms with E-state index in [-0.39, 0.29) is 17.1 Å². The lowest BCUT2D eigenvalue weighted by Crippen LogP contribution is -2.23. The lowest BCUT2D eigenvalue weighted by atomic mass is 10.1. The van der Waals surface area contributed by atoms with Crippen LogP contribution < -0.4 is 5.56 Å². The fourth-order valence-electron chi connectivity index (χ4n) is 1.68. The molecule has 1 aromatic carbocycles. The summed E-state index contributed by atoms with van der Waals surface area (Å²) < 4.78 is 14.2. The summed E-state index contributed by atoms with van der Waals surface area (Å²) in [6, 6.07) is 7.42. The Morgan fingerprint density at radius 3 is 2.53 bits per heavy atom. The maximum Gasteiger partial charge on any atom is 0.272 e. The number of rotatable bonds is 2. The van der Waals surface area contributed by atoms with Crippen molar-refractivity contribution in [3.63, 3.8) is 0 Å². The van der Waals surface area contributed by atoms with E-state index in [2.05, 4.69) is 4.98 Å². The topological polar surface area (TPSA) is 58.7 Å². The standard InChI is InChI=1S/C13H10FN3OS/c1-17-12(18)10(7-15)11(16-13(17)19-2)8-3-5-9(14)6-4-8/h3-6H,1-2H3. The third-order valence-electron chi connectivity index (χ3n) is 2.66. The Bertz CT molecular complexity index is 716. The zero-order chi connectivity index (χ0) is 14.0. The van der Waals surface area contributed by atoms with Crippen LogP contribution in [0.5, 0.6) is 0 Å². The molecular formula is C13H10FN3OS. The molecule has 0 spiro atoms. The van der Waals surface area contributed by atoms with Crippen molar-refractivity contribution >= 4 is 11.8 Å². The number of benzene rings is 1. The second kappa shape index (κ2) is 5.24. The minimum absolute atomic E-state index is 0.0353. The van der Waals surface area contributed by atoms with Gasteiger partial charge in [-0.15, -0.1) is 0 Å². The zero-order valence-corrected chi connectivity index (χ0v) is 11.2. The first kappa shape index (κ1) is 13.3. The third-order valence-corrected chi connectivity index (χ3v) is 3.39. The molecule has 0 fully saturated rings. The molecule has 0 aliphatic rings. The summed E-state index contributed by atoms with van der Waals surface area (Å²) in [5.41, 5.74) is 0.397. The van der Waals surface area contributed by atoms with Crippen molar-refractivity contribution in [3.05, 3.63) is 46.0 Å². The first-order valence-electron chi connectivity index (χ1n) is 5.39. The highest BCUT2D eigenvalue weighted by atomic mass is 32.2.